The van der Waals surface area contributed by atoms with Crippen LogP contribution in [0.25, 0.3) is 11.1 Å². The molecule has 0 saturated carbocycles. The SMILES string of the molecule is OCc1cc(-c2cc(Cl)cc(Cl)c2)ccc1F. The minimum absolute atomic E-state index is 0.249. The van der Waals surface area contributed by atoms with Gasteiger partial charge < -0.3 is 5.11 Å². The van der Waals surface area contributed by atoms with Crippen LogP contribution in [0.1, 0.15) is 5.56 Å². The summed E-state index contributed by atoms with van der Waals surface area (Å²) < 4.78 is 13.2. The molecule has 0 unspecified atom stereocenters. The van der Waals surface area contributed by atoms with Crippen molar-refractivity contribution < 1.29 is 9.50 Å². The third kappa shape index (κ3) is 2.78. The maximum absolute atomic E-state index is 13.2. The quantitative estimate of drug-likeness (QED) is 0.863. The zero-order valence-corrected chi connectivity index (χ0v) is 10.3. The van der Waals surface area contributed by atoms with E-state index in [1.807, 2.05) is 0 Å². The summed E-state index contributed by atoms with van der Waals surface area (Å²) in [5.41, 5.74) is 1.80. The molecule has 1 nitrogen and oxygen atoms in total. The number of aliphatic hydroxyl groups is 1. The van der Waals surface area contributed by atoms with Crippen LogP contribution in [0, 0.1) is 5.82 Å². The Hall–Kier alpha value is -1.09. The van der Waals surface area contributed by atoms with E-state index in [1.165, 1.54) is 6.07 Å². The first kappa shape index (κ1) is 12.4. The van der Waals surface area contributed by atoms with E-state index < -0.39 is 5.82 Å². The highest BCUT2D eigenvalue weighted by Gasteiger charge is 2.06. The second kappa shape index (κ2) is 5.05. The standard InChI is InChI=1S/C13H9Cl2FO/c14-11-4-9(5-12(15)6-11)8-1-2-13(16)10(3-8)7-17/h1-6,17H,7H2. The molecule has 0 amide bonds. The number of halogens is 3. The Morgan fingerprint density at radius 3 is 2.18 bits per heavy atom. The molecular weight excluding hydrogens is 262 g/mol. The smallest absolute Gasteiger partial charge is 0.128 e. The molecule has 0 aliphatic carbocycles. The van der Waals surface area contributed by atoms with Gasteiger partial charge in [0.1, 0.15) is 5.82 Å². The van der Waals surface area contributed by atoms with Crippen molar-refractivity contribution in [1.82, 2.24) is 0 Å². The Kier molecular flexibility index (Phi) is 3.67. The van der Waals surface area contributed by atoms with Gasteiger partial charge in [0, 0.05) is 15.6 Å². The van der Waals surface area contributed by atoms with Gasteiger partial charge in [0.25, 0.3) is 0 Å². The molecular formula is C13H9Cl2FO. The van der Waals surface area contributed by atoms with E-state index >= 15 is 0 Å². The number of benzene rings is 2. The molecule has 88 valence electrons. The Morgan fingerprint density at radius 2 is 1.59 bits per heavy atom. The zero-order chi connectivity index (χ0) is 12.4. The van der Waals surface area contributed by atoms with E-state index in [0.29, 0.717) is 10.0 Å². The maximum Gasteiger partial charge on any atom is 0.128 e. The van der Waals surface area contributed by atoms with Crippen LogP contribution in [0.2, 0.25) is 10.0 Å². The predicted octanol–water partition coefficient (Wildman–Crippen LogP) is 4.29. The second-order valence-electron chi connectivity index (χ2n) is 3.62. The van der Waals surface area contributed by atoms with Crippen LogP contribution in [-0.2, 0) is 6.61 Å². The first-order valence-corrected chi connectivity index (χ1v) is 5.71. The lowest BCUT2D eigenvalue weighted by atomic mass is 10.0. The van der Waals surface area contributed by atoms with Gasteiger partial charge in [0.05, 0.1) is 6.61 Å². The molecule has 0 radical (unpaired) electrons. The minimum Gasteiger partial charge on any atom is -0.392 e. The van der Waals surface area contributed by atoms with Gasteiger partial charge in [-0.2, -0.15) is 0 Å². The normalized spacial score (nSPS) is 10.6. The molecule has 0 aliphatic heterocycles. The third-order valence-electron chi connectivity index (χ3n) is 2.41. The molecule has 2 rings (SSSR count). The van der Waals surface area contributed by atoms with Crippen molar-refractivity contribution in [2.75, 3.05) is 0 Å². The van der Waals surface area contributed by atoms with Gasteiger partial charge in [-0.1, -0.05) is 29.3 Å². The van der Waals surface area contributed by atoms with E-state index in [9.17, 15) is 4.39 Å². The van der Waals surface area contributed by atoms with Crippen molar-refractivity contribution in [2.24, 2.45) is 0 Å². The average Bonchev–Trinajstić information content (AvgIpc) is 2.28. The van der Waals surface area contributed by atoms with E-state index in [-0.39, 0.29) is 12.2 Å². The van der Waals surface area contributed by atoms with E-state index in [0.717, 1.165) is 11.1 Å². The topological polar surface area (TPSA) is 20.2 Å². The van der Waals surface area contributed by atoms with Crippen LogP contribution < -0.4 is 0 Å². The molecule has 2 aromatic rings. The third-order valence-corrected chi connectivity index (χ3v) is 2.85. The van der Waals surface area contributed by atoms with Gasteiger partial charge in [0.15, 0.2) is 0 Å². The highest BCUT2D eigenvalue weighted by Crippen LogP contribution is 2.28. The van der Waals surface area contributed by atoms with Crippen molar-refractivity contribution in [1.29, 1.82) is 0 Å². The summed E-state index contributed by atoms with van der Waals surface area (Å²) in [6.45, 7) is -0.339. The number of rotatable bonds is 2. The van der Waals surface area contributed by atoms with Crippen molar-refractivity contribution >= 4 is 23.2 Å². The van der Waals surface area contributed by atoms with Gasteiger partial charge in [0.2, 0.25) is 0 Å². The van der Waals surface area contributed by atoms with Crippen molar-refractivity contribution in [2.45, 2.75) is 6.61 Å². The summed E-state index contributed by atoms with van der Waals surface area (Å²) in [6.07, 6.45) is 0. The fourth-order valence-corrected chi connectivity index (χ4v) is 2.12. The molecule has 0 heterocycles. The van der Waals surface area contributed by atoms with Crippen LogP contribution in [0.15, 0.2) is 36.4 Å². The summed E-state index contributed by atoms with van der Waals surface area (Å²) in [6, 6.07) is 9.62. The van der Waals surface area contributed by atoms with Gasteiger partial charge in [-0.3, -0.25) is 0 Å². The molecule has 0 fully saturated rings. The Labute approximate surface area is 108 Å². The van der Waals surface area contributed by atoms with E-state index in [2.05, 4.69) is 0 Å². The van der Waals surface area contributed by atoms with Crippen LogP contribution in [0.5, 0.6) is 0 Å². The van der Waals surface area contributed by atoms with Gasteiger partial charge >= 0.3 is 0 Å². The van der Waals surface area contributed by atoms with Crippen molar-refractivity contribution in [3.05, 3.63) is 57.8 Å². The Morgan fingerprint density at radius 1 is 0.941 bits per heavy atom. The van der Waals surface area contributed by atoms with Gasteiger partial charge in [-0.05, 0) is 41.5 Å². The second-order valence-corrected chi connectivity index (χ2v) is 4.50. The summed E-state index contributed by atoms with van der Waals surface area (Å²) >= 11 is 11.8. The average molecular weight is 271 g/mol. The van der Waals surface area contributed by atoms with Gasteiger partial charge in [-0.25, -0.2) is 4.39 Å². The fourth-order valence-electron chi connectivity index (χ4n) is 1.60. The van der Waals surface area contributed by atoms with Crippen LogP contribution in [0.3, 0.4) is 0 Å². The molecule has 0 atom stereocenters. The zero-order valence-electron chi connectivity index (χ0n) is 8.75. The molecule has 4 heteroatoms. The molecule has 0 aliphatic rings. The lowest BCUT2D eigenvalue weighted by molar-refractivity contribution is 0.276. The highest BCUT2D eigenvalue weighted by atomic mass is 35.5. The Bertz CT molecular complexity index is 535. The summed E-state index contributed by atoms with van der Waals surface area (Å²) in [5.74, 6) is -0.427. The molecule has 0 aromatic heterocycles. The summed E-state index contributed by atoms with van der Waals surface area (Å²) in [5, 5.41) is 10.0. The predicted molar refractivity (Wildman–Crippen MR) is 67.8 cm³/mol. The lowest BCUT2D eigenvalue weighted by Gasteiger charge is -2.06. The largest absolute Gasteiger partial charge is 0.392 e. The maximum atomic E-state index is 13.2. The molecule has 1 N–H and O–H groups in total. The van der Waals surface area contributed by atoms with Crippen LogP contribution in [-0.4, -0.2) is 5.11 Å². The van der Waals surface area contributed by atoms with E-state index in [4.69, 9.17) is 28.3 Å². The number of hydrogen-bond donors (Lipinski definition) is 1. The minimum atomic E-state index is -0.427. The molecule has 2 aromatic carbocycles. The summed E-state index contributed by atoms with van der Waals surface area (Å²) in [4.78, 5) is 0. The first-order chi connectivity index (χ1) is 8.10. The molecule has 17 heavy (non-hydrogen) atoms. The lowest BCUT2D eigenvalue weighted by Crippen LogP contribution is -1.90. The molecule has 0 spiro atoms. The van der Waals surface area contributed by atoms with Crippen molar-refractivity contribution in [3.63, 3.8) is 0 Å². The van der Waals surface area contributed by atoms with Gasteiger partial charge in [-0.15, -0.1) is 0 Å². The monoisotopic (exact) mass is 270 g/mol. The number of aliphatic hydroxyl groups excluding tert-OH is 1. The van der Waals surface area contributed by atoms with Crippen LogP contribution >= 0.6 is 23.2 Å². The molecule has 0 bridgehead atoms. The highest BCUT2D eigenvalue weighted by molar-refractivity contribution is 6.35. The van der Waals surface area contributed by atoms with Crippen molar-refractivity contribution in [3.8, 4) is 11.1 Å². The van der Waals surface area contributed by atoms with E-state index in [1.54, 1.807) is 30.3 Å². The Balaban J connectivity index is 2.52. The summed E-state index contributed by atoms with van der Waals surface area (Å²) in [7, 11) is 0. The molecule has 0 saturated heterocycles. The fraction of sp³-hybridized carbons (Fsp3) is 0.0769. The van der Waals surface area contributed by atoms with Crippen LogP contribution in [0.4, 0.5) is 4.39 Å². The first-order valence-electron chi connectivity index (χ1n) is 4.96. The number of hydrogen-bond acceptors (Lipinski definition) is 1.